The van der Waals surface area contributed by atoms with Crippen molar-refractivity contribution in [3.05, 3.63) is 60.2 Å². The van der Waals surface area contributed by atoms with Gasteiger partial charge < -0.3 is 8.98 Å². The zero-order valence-corrected chi connectivity index (χ0v) is 18.4. The molecule has 7 rings (SSSR count). The molecular formula is C29H29NO. The third-order valence-corrected chi connectivity index (χ3v) is 8.78. The maximum absolute atomic E-state index is 6.49. The Bertz CT molecular complexity index is 1470. The van der Waals surface area contributed by atoms with Gasteiger partial charge in [0.15, 0.2) is 0 Å². The molecular weight excluding hydrogens is 378 g/mol. The predicted molar refractivity (Wildman–Crippen MR) is 130 cm³/mol. The van der Waals surface area contributed by atoms with Crippen LogP contribution in [0.1, 0.15) is 51.0 Å². The summed E-state index contributed by atoms with van der Waals surface area (Å²) in [5, 5.41) is 5.34. The lowest BCUT2D eigenvalue weighted by Gasteiger charge is -2.41. The molecule has 2 atom stereocenters. The van der Waals surface area contributed by atoms with Gasteiger partial charge >= 0.3 is 0 Å². The van der Waals surface area contributed by atoms with Crippen LogP contribution >= 0.6 is 0 Å². The van der Waals surface area contributed by atoms with E-state index in [1.807, 2.05) is 0 Å². The molecule has 0 aliphatic heterocycles. The van der Waals surface area contributed by atoms with Crippen LogP contribution in [0.2, 0.25) is 0 Å². The molecule has 0 radical (unpaired) electrons. The molecule has 2 nitrogen and oxygen atoms in total. The lowest BCUT2D eigenvalue weighted by Crippen LogP contribution is -2.33. The first-order chi connectivity index (χ1) is 15.2. The van der Waals surface area contributed by atoms with Gasteiger partial charge in [0.25, 0.3) is 0 Å². The van der Waals surface area contributed by atoms with Crippen molar-refractivity contribution in [3.63, 3.8) is 0 Å². The Labute approximate surface area is 182 Å². The molecule has 0 saturated heterocycles. The van der Waals surface area contributed by atoms with Crippen molar-refractivity contribution in [2.24, 2.45) is 18.9 Å². The van der Waals surface area contributed by atoms with E-state index < -0.39 is 0 Å². The van der Waals surface area contributed by atoms with Gasteiger partial charge in [-0.05, 0) is 72.8 Å². The van der Waals surface area contributed by atoms with Gasteiger partial charge in [0, 0.05) is 28.7 Å². The average Bonchev–Trinajstić information content (AvgIpc) is 3.45. The summed E-state index contributed by atoms with van der Waals surface area (Å²) in [6, 6.07) is 20.0. The fraction of sp³-hybridized carbons (Fsp3) is 0.379. The highest BCUT2D eigenvalue weighted by Gasteiger charge is 2.44. The molecule has 2 aromatic heterocycles. The molecule has 2 bridgehead atoms. The van der Waals surface area contributed by atoms with E-state index in [0.717, 1.165) is 23.0 Å². The lowest BCUT2D eigenvalue weighted by molar-refractivity contribution is 0.208. The first-order valence-electron chi connectivity index (χ1n) is 12.0. The minimum absolute atomic E-state index is 0.285. The zero-order chi connectivity index (χ0) is 20.7. The molecule has 2 aliphatic carbocycles. The fourth-order valence-corrected chi connectivity index (χ4v) is 7.45. The number of rotatable bonds is 2. The van der Waals surface area contributed by atoms with Crippen LogP contribution in [-0.4, -0.2) is 4.57 Å². The molecule has 31 heavy (non-hydrogen) atoms. The summed E-state index contributed by atoms with van der Waals surface area (Å²) in [5.41, 5.74) is 6.50. The number of hydrogen-bond acceptors (Lipinski definition) is 1. The highest BCUT2D eigenvalue weighted by atomic mass is 16.3. The van der Waals surface area contributed by atoms with E-state index >= 15 is 0 Å². The van der Waals surface area contributed by atoms with E-state index in [9.17, 15) is 0 Å². The van der Waals surface area contributed by atoms with E-state index in [2.05, 4.69) is 73.1 Å². The second-order valence-corrected chi connectivity index (χ2v) is 10.3. The van der Waals surface area contributed by atoms with Crippen LogP contribution in [0.15, 0.2) is 59.0 Å². The highest BCUT2D eigenvalue weighted by Crippen LogP contribution is 2.55. The van der Waals surface area contributed by atoms with E-state index in [0.29, 0.717) is 0 Å². The third-order valence-electron chi connectivity index (χ3n) is 8.78. The number of furan rings is 1. The van der Waals surface area contributed by atoms with Crippen molar-refractivity contribution < 1.29 is 4.42 Å². The van der Waals surface area contributed by atoms with Gasteiger partial charge in [-0.15, -0.1) is 0 Å². The van der Waals surface area contributed by atoms with E-state index in [1.54, 1.807) is 5.56 Å². The predicted octanol–water partition coefficient (Wildman–Crippen LogP) is 8.09. The molecule has 2 saturated carbocycles. The molecule has 0 N–H and O–H groups in total. The van der Waals surface area contributed by atoms with Crippen molar-refractivity contribution >= 4 is 43.7 Å². The number of fused-ring (bicyclic) bond motifs is 9. The fourth-order valence-electron chi connectivity index (χ4n) is 7.45. The number of nitrogens with zero attached hydrogens (tertiary/aromatic N) is 1. The Morgan fingerprint density at radius 2 is 1.65 bits per heavy atom. The van der Waals surface area contributed by atoms with Gasteiger partial charge in [-0.2, -0.15) is 0 Å². The molecule has 2 aliphatic rings. The maximum Gasteiger partial charge on any atom is 0.137 e. The van der Waals surface area contributed by atoms with E-state index in [1.165, 1.54) is 71.1 Å². The molecule has 156 valence electrons. The largest absolute Gasteiger partial charge is 0.456 e. The Kier molecular flexibility index (Phi) is 3.55. The molecule has 2 fully saturated rings. The number of hydrogen-bond donors (Lipinski definition) is 0. The SMILES string of the molecule is CCC1(c2cccc3oc4ccc5c6ccccc6n(C)c5c4c23)CC2CCC(C2)C1. The topological polar surface area (TPSA) is 18.1 Å². The van der Waals surface area contributed by atoms with Crippen molar-refractivity contribution in [2.75, 3.05) is 0 Å². The standard InChI is InChI=1S/C29H29NO/c1-3-29(16-18-11-12-19(15-18)17-29)22-8-6-10-24-26(22)27-25(31-24)14-13-21-20-7-4-5-9-23(20)30(2)28(21)27/h4-10,13-14,18-19H,3,11-12,15-17H2,1-2H3. The Morgan fingerprint density at radius 3 is 2.45 bits per heavy atom. The number of benzene rings is 3. The van der Waals surface area contributed by atoms with Crippen LogP contribution in [0.3, 0.4) is 0 Å². The average molecular weight is 408 g/mol. The Hall–Kier alpha value is -2.74. The summed E-state index contributed by atoms with van der Waals surface area (Å²) in [6.45, 7) is 2.41. The first kappa shape index (κ1) is 17.9. The number of aryl methyl sites for hydroxylation is 1. The summed E-state index contributed by atoms with van der Waals surface area (Å²) >= 11 is 0. The van der Waals surface area contributed by atoms with Crippen LogP contribution in [0.25, 0.3) is 43.7 Å². The summed E-state index contributed by atoms with van der Waals surface area (Å²) in [5.74, 6) is 1.81. The number of para-hydroxylation sites is 1. The molecule has 2 unspecified atom stereocenters. The summed E-state index contributed by atoms with van der Waals surface area (Å²) in [4.78, 5) is 0. The molecule has 2 heterocycles. The Morgan fingerprint density at radius 1 is 0.871 bits per heavy atom. The van der Waals surface area contributed by atoms with Crippen LogP contribution in [0.4, 0.5) is 0 Å². The molecule has 0 spiro atoms. The maximum atomic E-state index is 6.49. The third kappa shape index (κ3) is 2.28. The summed E-state index contributed by atoms with van der Waals surface area (Å²) in [6.07, 6.45) is 8.23. The zero-order valence-electron chi connectivity index (χ0n) is 18.4. The van der Waals surface area contributed by atoms with E-state index in [4.69, 9.17) is 4.42 Å². The highest BCUT2D eigenvalue weighted by molar-refractivity contribution is 6.24. The Balaban J connectivity index is 1.63. The van der Waals surface area contributed by atoms with Gasteiger partial charge in [-0.25, -0.2) is 0 Å². The minimum atomic E-state index is 0.285. The number of aromatic nitrogens is 1. The minimum Gasteiger partial charge on any atom is -0.456 e. The molecule has 2 heteroatoms. The van der Waals surface area contributed by atoms with Crippen molar-refractivity contribution in [1.82, 2.24) is 4.57 Å². The van der Waals surface area contributed by atoms with Crippen LogP contribution in [-0.2, 0) is 12.5 Å². The molecule has 0 amide bonds. The summed E-state index contributed by atoms with van der Waals surface area (Å²) in [7, 11) is 2.21. The quantitative estimate of drug-likeness (QED) is 0.289. The molecule has 5 aromatic rings. The second kappa shape index (κ2) is 6.16. The van der Waals surface area contributed by atoms with Gasteiger partial charge in [0.1, 0.15) is 11.2 Å². The second-order valence-electron chi connectivity index (χ2n) is 10.3. The van der Waals surface area contributed by atoms with Crippen LogP contribution < -0.4 is 0 Å². The van der Waals surface area contributed by atoms with Crippen molar-refractivity contribution in [3.8, 4) is 0 Å². The van der Waals surface area contributed by atoms with E-state index in [-0.39, 0.29) is 5.41 Å². The molecule has 3 aromatic carbocycles. The smallest absolute Gasteiger partial charge is 0.137 e. The van der Waals surface area contributed by atoms with Crippen molar-refractivity contribution in [2.45, 2.75) is 50.9 Å². The van der Waals surface area contributed by atoms with Gasteiger partial charge in [0.05, 0.1) is 10.9 Å². The summed E-state index contributed by atoms with van der Waals surface area (Å²) < 4.78 is 8.87. The normalized spacial score (nSPS) is 26.0. The van der Waals surface area contributed by atoms with Crippen molar-refractivity contribution in [1.29, 1.82) is 0 Å². The van der Waals surface area contributed by atoms with Gasteiger partial charge in [-0.3, -0.25) is 0 Å². The van der Waals surface area contributed by atoms with Gasteiger partial charge in [-0.1, -0.05) is 50.1 Å². The monoisotopic (exact) mass is 407 g/mol. The first-order valence-corrected chi connectivity index (χ1v) is 12.0. The van der Waals surface area contributed by atoms with Gasteiger partial charge in [0.2, 0.25) is 0 Å². The lowest BCUT2D eigenvalue weighted by atomic mass is 9.63. The van der Waals surface area contributed by atoms with Crippen LogP contribution in [0, 0.1) is 11.8 Å². The van der Waals surface area contributed by atoms with Crippen LogP contribution in [0.5, 0.6) is 0 Å².